The predicted octanol–water partition coefficient (Wildman–Crippen LogP) is 1.49. The summed E-state index contributed by atoms with van der Waals surface area (Å²) in [4.78, 5) is 2.37. The first-order chi connectivity index (χ1) is 8.09. The van der Waals surface area contributed by atoms with Gasteiger partial charge in [-0.05, 0) is 25.9 Å². The molecule has 1 aliphatic rings. The average Bonchev–Trinajstić information content (AvgIpc) is 2.34. The van der Waals surface area contributed by atoms with E-state index < -0.39 is 0 Å². The largest absolute Gasteiger partial charge is 0.378 e. The Bertz CT molecular complexity index is 204. The standard InChI is InChI=1S/C12H26IN3O/c1-3-15(4-2)9-10-17-11-12(14)5-7-16(13)8-6-12/h3-11,14H2,1-2H3. The fourth-order valence-electron chi connectivity index (χ4n) is 2.08. The Morgan fingerprint density at radius 3 is 2.41 bits per heavy atom. The summed E-state index contributed by atoms with van der Waals surface area (Å²) in [6.07, 6.45) is 2.09. The number of nitrogens with zero attached hydrogens (tertiary/aromatic N) is 2. The van der Waals surface area contributed by atoms with Crippen molar-refractivity contribution >= 4 is 22.9 Å². The number of hydrogen-bond donors (Lipinski definition) is 1. The van der Waals surface area contributed by atoms with Gasteiger partial charge < -0.3 is 15.4 Å². The molecule has 5 heteroatoms. The van der Waals surface area contributed by atoms with Crippen LogP contribution in [0, 0.1) is 0 Å². The Hall–Kier alpha value is 0.570. The summed E-state index contributed by atoms with van der Waals surface area (Å²) < 4.78 is 8.06. The van der Waals surface area contributed by atoms with Crippen LogP contribution < -0.4 is 5.73 Å². The second-order valence-corrected chi connectivity index (χ2v) is 6.22. The summed E-state index contributed by atoms with van der Waals surface area (Å²) >= 11 is 2.37. The molecule has 1 heterocycles. The number of ether oxygens (including phenoxy) is 1. The zero-order valence-corrected chi connectivity index (χ0v) is 13.3. The van der Waals surface area contributed by atoms with Crippen molar-refractivity contribution in [1.29, 1.82) is 0 Å². The zero-order chi connectivity index (χ0) is 12.7. The van der Waals surface area contributed by atoms with Crippen molar-refractivity contribution in [2.45, 2.75) is 32.2 Å². The van der Waals surface area contributed by atoms with Crippen molar-refractivity contribution in [3.8, 4) is 0 Å². The van der Waals surface area contributed by atoms with E-state index in [4.69, 9.17) is 10.5 Å². The highest BCUT2D eigenvalue weighted by Gasteiger charge is 2.30. The molecule has 0 aromatic rings. The van der Waals surface area contributed by atoms with Gasteiger partial charge in [-0.25, -0.2) is 3.11 Å². The Morgan fingerprint density at radius 2 is 1.88 bits per heavy atom. The Morgan fingerprint density at radius 1 is 1.29 bits per heavy atom. The van der Waals surface area contributed by atoms with Crippen molar-refractivity contribution in [3.63, 3.8) is 0 Å². The van der Waals surface area contributed by atoms with Crippen molar-refractivity contribution in [1.82, 2.24) is 8.01 Å². The summed E-state index contributed by atoms with van der Waals surface area (Å²) in [6, 6.07) is 0. The van der Waals surface area contributed by atoms with E-state index in [0.29, 0.717) is 6.61 Å². The fraction of sp³-hybridized carbons (Fsp3) is 1.00. The summed E-state index contributed by atoms with van der Waals surface area (Å²) in [5.41, 5.74) is 6.24. The maximum Gasteiger partial charge on any atom is 0.0647 e. The molecular formula is C12H26IN3O. The van der Waals surface area contributed by atoms with E-state index >= 15 is 0 Å². The predicted molar refractivity (Wildman–Crippen MR) is 80.4 cm³/mol. The SMILES string of the molecule is CCN(CC)CCOCC1(N)CCN(I)CC1. The fourth-order valence-corrected chi connectivity index (χ4v) is 2.56. The van der Waals surface area contributed by atoms with Gasteiger partial charge in [0.15, 0.2) is 0 Å². The van der Waals surface area contributed by atoms with Crippen LogP contribution in [-0.4, -0.2) is 59.5 Å². The Labute approximate surface area is 119 Å². The average molecular weight is 355 g/mol. The van der Waals surface area contributed by atoms with E-state index in [2.05, 4.69) is 44.7 Å². The van der Waals surface area contributed by atoms with Gasteiger partial charge in [-0.2, -0.15) is 0 Å². The Balaban J connectivity index is 2.13. The first-order valence-electron chi connectivity index (χ1n) is 6.59. The van der Waals surface area contributed by atoms with Gasteiger partial charge in [-0.1, -0.05) is 13.8 Å². The van der Waals surface area contributed by atoms with Gasteiger partial charge in [0, 0.05) is 48.0 Å². The van der Waals surface area contributed by atoms with Gasteiger partial charge in [0.05, 0.1) is 13.2 Å². The molecule has 0 radical (unpaired) electrons. The first-order valence-corrected chi connectivity index (χ1v) is 7.56. The lowest BCUT2D eigenvalue weighted by Gasteiger charge is -2.36. The van der Waals surface area contributed by atoms with Gasteiger partial charge in [-0.3, -0.25) is 0 Å². The van der Waals surface area contributed by atoms with Gasteiger partial charge in [0.25, 0.3) is 0 Å². The van der Waals surface area contributed by atoms with Gasteiger partial charge in [0.1, 0.15) is 0 Å². The van der Waals surface area contributed by atoms with Crippen LogP contribution in [0.1, 0.15) is 26.7 Å². The minimum Gasteiger partial charge on any atom is -0.378 e. The van der Waals surface area contributed by atoms with Gasteiger partial charge in [-0.15, -0.1) is 0 Å². The van der Waals surface area contributed by atoms with E-state index in [1.54, 1.807) is 0 Å². The minimum atomic E-state index is -0.0923. The molecule has 1 aliphatic heterocycles. The van der Waals surface area contributed by atoms with Crippen LogP contribution >= 0.6 is 22.9 Å². The summed E-state index contributed by atoms with van der Waals surface area (Å²) in [5, 5.41) is 0. The molecule has 0 amide bonds. The molecule has 0 bridgehead atoms. The van der Waals surface area contributed by atoms with Crippen LogP contribution in [0.2, 0.25) is 0 Å². The van der Waals surface area contributed by atoms with E-state index in [1.807, 2.05) is 0 Å². The van der Waals surface area contributed by atoms with E-state index in [-0.39, 0.29) is 5.54 Å². The van der Waals surface area contributed by atoms with Crippen LogP contribution in [-0.2, 0) is 4.74 Å². The normalized spacial score (nSPS) is 21.0. The van der Waals surface area contributed by atoms with Crippen molar-refractivity contribution in [2.24, 2.45) is 5.73 Å². The molecule has 102 valence electrons. The van der Waals surface area contributed by atoms with Crippen LogP contribution in [0.25, 0.3) is 0 Å². The highest BCUT2D eigenvalue weighted by atomic mass is 127. The zero-order valence-electron chi connectivity index (χ0n) is 11.1. The van der Waals surface area contributed by atoms with Crippen molar-refractivity contribution in [3.05, 3.63) is 0 Å². The molecule has 0 spiro atoms. The quantitative estimate of drug-likeness (QED) is 0.427. The smallest absolute Gasteiger partial charge is 0.0647 e. The highest BCUT2D eigenvalue weighted by Crippen LogP contribution is 2.22. The lowest BCUT2D eigenvalue weighted by molar-refractivity contribution is 0.0519. The molecule has 17 heavy (non-hydrogen) atoms. The van der Waals surface area contributed by atoms with Crippen LogP contribution in [0.15, 0.2) is 0 Å². The molecule has 1 fully saturated rings. The molecule has 1 rings (SSSR count). The number of rotatable bonds is 7. The molecule has 0 aromatic heterocycles. The number of piperidine rings is 1. The first kappa shape index (κ1) is 15.6. The third-order valence-corrected chi connectivity index (χ3v) is 4.51. The van der Waals surface area contributed by atoms with E-state index in [1.165, 1.54) is 0 Å². The number of nitrogens with two attached hydrogens (primary N) is 1. The number of hydrogen-bond acceptors (Lipinski definition) is 4. The molecule has 4 nitrogen and oxygen atoms in total. The van der Waals surface area contributed by atoms with Crippen LogP contribution in [0.5, 0.6) is 0 Å². The molecule has 0 aliphatic carbocycles. The van der Waals surface area contributed by atoms with Crippen LogP contribution in [0.3, 0.4) is 0 Å². The minimum absolute atomic E-state index is 0.0923. The highest BCUT2D eigenvalue weighted by molar-refractivity contribution is 14.1. The molecule has 0 saturated carbocycles. The molecule has 2 N–H and O–H groups in total. The van der Waals surface area contributed by atoms with Gasteiger partial charge >= 0.3 is 0 Å². The number of likely N-dealkylation sites (N-methyl/N-ethyl adjacent to an activating group) is 1. The van der Waals surface area contributed by atoms with E-state index in [9.17, 15) is 0 Å². The van der Waals surface area contributed by atoms with Crippen LogP contribution in [0.4, 0.5) is 0 Å². The third-order valence-electron chi connectivity index (χ3n) is 3.54. The van der Waals surface area contributed by atoms with E-state index in [0.717, 1.165) is 52.2 Å². The maximum atomic E-state index is 6.33. The maximum absolute atomic E-state index is 6.33. The molecule has 0 atom stereocenters. The Kier molecular flexibility index (Phi) is 7.25. The summed E-state index contributed by atoms with van der Waals surface area (Å²) in [6.45, 7) is 11.2. The third kappa shape index (κ3) is 5.83. The topological polar surface area (TPSA) is 41.7 Å². The monoisotopic (exact) mass is 355 g/mol. The summed E-state index contributed by atoms with van der Waals surface area (Å²) in [7, 11) is 0. The lowest BCUT2D eigenvalue weighted by Crippen LogP contribution is -2.51. The molecular weight excluding hydrogens is 329 g/mol. The molecule has 1 saturated heterocycles. The molecule has 0 unspecified atom stereocenters. The second kappa shape index (κ2) is 7.89. The van der Waals surface area contributed by atoms with Crippen molar-refractivity contribution in [2.75, 3.05) is 45.9 Å². The second-order valence-electron chi connectivity index (χ2n) is 4.85. The van der Waals surface area contributed by atoms with Crippen molar-refractivity contribution < 1.29 is 4.74 Å². The lowest BCUT2D eigenvalue weighted by atomic mass is 9.91. The van der Waals surface area contributed by atoms with Gasteiger partial charge in [0.2, 0.25) is 0 Å². The number of halogens is 1. The summed E-state index contributed by atoms with van der Waals surface area (Å²) in [5.74, 6) is 0. The molecule has 0 aromatic carbocycles.